The van der Waals surface area contributed by atoms with Crippen LogP contribution in [0.15, 0.2) is 79.3 Å². The fourth-order valence-electron chi connectivity index (χ4n) is 3.86. The van der Waals surface area contributed by atoms with Gasteiger partial charge in [-0.25, -0.2) is 13.8 Å². The van der Waals surface area contributed by atoms with Crippen molar-refractivity contribution in [2.24, 2.45) is 5.73 Å². The van der Waals surface area contributed by atoms with E-state index in [0.717, 1.165) is 22.3 Å². The molecule has 2 aromatic carbocycles. The molecule has 6 nitrogen and oxygen atoms in total. The zero-order chi connectivity index (χ0) is 22.9. The number of nitrogens with zero attached hydrogens (tertiary/aromatic N) is 4. The molecule has 0 saturated carbocycles. The summed E-state index contributed by atoms with van der Waals surface area (Å²) < 4.78 is 28.8. The van der Waals surface area contributed by atoms with Crippen LogP contribution in [0.4, 0.5) is 8.78 Å². The van der Waals surface area contributed by atoms with Gasteiger partial charge in [0.2, 0.25) is 5.91 Å². The summed E-state index contributed by atoms with van der Waals surface area (Å²) in [5.41, 5.74) is 10.0. The van der Waals surface area contributed by atoms with Gasteiger partial charge in [-0.1, -0.05) is 12.1 Å². The SMILES string of the molecule is NC(=O)Cn1cc2c(-c3ccc(F)cc3)c(-c3ccncc3)c(-c3ccc(F)cc3)nc2n1. The molecular weight excluding hydrogens is 424 g/mol. The van der Waals surface area contributed by atoms with Crippen molar-refractivity contribution in [3.63, 3.8) is 0 Å². The Morgan fingerprint density at radius 2 is 1.39 bits per heavy atom. The van der Waals surface area contributed by atoms with Gasteiger partial charge in [0.25, 0.3) is 0 Å². The summed E-state index contributed by atoms with van der Waals surface area (Å²) in [4.78, 5) is 20.4. The molecule has 0 radical (unpaired) electrons. The van der Waals surface area contributed by atoms with Gasteiger partial charge >= 0.3 is 0 Å². The molecule has 162 valence electrons. The Balaban J connectivity index is 1.91. The second-order valence-corrected chi connectivity index (χ2v) is 7.49. The monoisotopic (exact) mass is 441 g/mol. The summed E-state index contributed by atoms with van der Waals surface area (Å²) in [7, 11) is 0. The van der Waals surface area contributed by atoms with Crippen molar-refractivity contribution in [3.05, 3.63) is 90.9 Å². The van der Waals surface area contributed by atoms with E-state index < -0.39 is 5.91 Å². The van der Waals surface area contributed by atoms with E-state index in [1.165, 1.54) is 28.9 Å². The number of halogens is 2. The normalized spacial score (nSPS) is 11.1. The molecule has 3 aromatic heterocycles. The Morgan fingerprint density at radius 3 is 2.00 bits per heavy atom. The topological polar surface area (TPSA) is 86.7 Å². The van der Waals surface area contributed by atoms with E-state index in [4.69, 9.17) is 10.7 Å². The Hall–Kier alpha value is -4.46. The van der Waals surface area contributed by atoms with Crippen molar-refractivity contribution < 1.29 is 13.6 Å². The van der Waals surface area contributed by atoms with Crippen molar-refractivity contribution >= 4 is 16.9 Å². The van der Waals surface area contributed by atoms with Gasteiger partial charge in [0, 0.05) is 40.7 Å². The number of pyridine rings is 2. The molecule has 0 aliphatic rings. The van der Waals surface area contributed by atoms with Gasteiger partial charge in [-0.2, -0.15) is 5.10 Å². The Bertz CT molecular complexity index is 1460. The standard InChI is InChI=1S/C25H17F2N5O/c26-18-5-1-15(2-6-18)22-20-13-32(14-21(28)33)31-25(20)30-24(17-3-7-19(27)8-4-17)23(22)16-9-11-29-12-10-16/h1-13H,14H2,(H2,28,33). The van der Waals surface area contributed by atoms with Crippen LogP contribution in [0, 0.1) is 11.6 Å². The molecule has 0 atom stereocenters. The van der Waals surface area contributed by atoms with Crippen molar-refractivity contribution in [2.45, 2.75) is 6.54 Å². The highest BCUT2D eigenvalue weighted by Crippen LogP contribution is 2.42. The average molecular weight is 441 g/mol. The van der Waals surface area contributed by atoms with Crippen molar-refractivity contribution in [2.75, 3.05) is 0 Å². The quantitative estimate of drug-likeness (QED) is 0.432. The molecule has 8 heteroatoms. The number of aromatic nitrogens is 4. The molecule has 0 saturated heterocycles. The van der Waals surface area contributed by atoms with E-state index in [0.29, 0.717) is 22.3 Å². The van der Waals surface area contributed by atoms with Crippen LogP contribution in [0.5, 0.6) is 0 Å². The van der Waals surface area contributed by atoms with E-state index in [-0.39, 0.29) is 18.2 Å². The predicted molar refractivity (Wildman–Crippen MR) is 121 cm³/mol. The first-order chi connectivity index (χ1) is 16.0. The van der Waals surface area contributed by atoms with Crippen LogP contribution in [0.25, 0.3) is 44.5 Å². The summed E-state index contributed by atoms with van der Waals surface area (Å²) in [6.45, 7) is -0.115. The maximum atomic E-state index is 13.7. The number of hydrogen-bond donors (Lipinski definition) is 1. The minimum absolute atomic E-state index is 0.115. The van der Waals surface area contributed by atoms with Crippen LogP contribution >= 0.6 is 0 Å². The lowest BCUT2D eigenvalue weighted by molar-refractivity contribution is -0.118. The van der Waals surface area contributed by atoms with Crippen LogP contribution in [-0.4, -0.2) is 25.7 Å². The van der Waals surface area contributed by atoms with Crippen LogP contribution in [0.1, 0.15) is 0 Å². The highest BCUT2D eigenvalue weighted by atomic mass is 19.1. The molecular formula is C25H17F2N5O. The zero-order valence-electron chi connectivity index (χ0n) is 17.2. The van der Waals surface area contributed by atoms with E-state index in [2.05, 4.69) is 10.1 Å². The maximum absolute atomic E-state index is 13.7. The molecule has 5 rings (SSSR count). The van der Waals surface area contributed by atoms with E-state index in [1.54, 1.807) is 42.9 Å². The second-order valence-electron chi connectivity index (χ2n) is 7.49. The lowest BCUT2D eigenvalue weighted by atomic mass is 9.90. The first-order valence-corrected chi connectivity index (χ1v) is 10.1. The average Bonchev–Trinajstić information content (AvgIpc) is 3.21. The van der Waals surface area contributed by atoms with Crippen LogP contribution in [-0.2, 0) is 11.3 Å². The number of amides is 1. The lowest BCUT2D eigenvalue weighted by Crippen LogP contribution is -2.18. The number of primary amides is 1. The van der Waals surface area contributed by atoms with Gasteiger partial charge in [0.1, 0.15) is 18.2 Å². The third kappa shape index (κ3) is 3.94. The van der Waals surface area contributed by atoms with Gasteiger partial charge < -0.3 is 5.73 Å². The van der Waals surface area contributed by atoms with Crippen LogP contribution < -0.4 is 5.73 Å². The Labute approximate surface area is 187 Å². The first kappa shape index (κ1) is 20.4. The summed E-state index contributed by atoms with van der Waals surface area (Å²) >= 11 is 0. The molecule has 5 aromatic rings. The van der Waals surface area contributed by atoms with Gasteiger partial charge in [0.05, 0.1) is 5.69 Å². The molecule has 0 aliphatic carbocycles. The van der Waals surface area contributed by atoms with Crippen molar-refractivity contribution in [1.29, 1.82) is 0 Å². The molecule has 33 heavy (non-hydrogen) atoms. The van der Waals surface area contributed by atoms with Gasteiger partial charge in [-0.3, -0.25) is 14.5 Å². The first-order valence-electron chi connectivity index (χ1n) is 10.1. The largest absolute Gasteiger partial charge is 0.368 e. The highest BCUT2D eigenvalue weighted by Gasteiger charge is 2.22. The summed E-state index contributed by atoms with van der Waals surface area (Å²) in [5, 5.41) is 5.11. The number of carbonyl (C=O) groups excluding carboxylic acids is 1. The Kier molecular flexibility index (Phi) is 5.10. The smallest absolute Gasteiger partial charge is 0.239 e. The van der Waals surface area contributed by atoms with E-state index in [1.807, 2.05) is 12.1 Å². The third-order valence-corrected chi connectivity index (χ3v) is 5.25. The number of hydrogen-bond acceptors (Lipinski definition) is 4. The molecule has 1 amide bonds. The fourth-order valence-corrected chi connectivity index (χ4v) is 3.86. The number of carbonyl (C=O) groups is 1. The molecule has 2 N–H and O–H groups in total. The summed E-state index contributed by atoms with van der Waals surface area (Å²) in [6.07, 6.45) is 5.03. The van der Waals surface area contributed by atoms with Gasteiger partial charge in [-0.15, -0.1) is 0 Å². The zero-order valence-corrected chi connectivity index (χ0v) is 17.2. The molecule has 0 unspecified atom stereocenters. The van der Waals surface area contributed by atoms with Crippen LogP contribution in [0.2, 0.25) is 0 Å². The second kappa shape index (κ2) is 8.23. The highest BCUT2D eigenvalue weighted by molar-refractivity contribution is 6.06. The lowest BCUT2D eigenvalue weighted by Gasteiger charge is -2.16. The molecule has 3 heterocycles. The predicted octanol–water partition coefficient (Wildman–Crippen LogP) is 4.59. The minimum Gasteiger partial charge on any atom is -0.368 e. The van der Waals surface area contributed by atoms with Gasteiger partial charge in [-0.05, 0) is 59.7 Å². The van der Waals surface area contributed by atoms with Gasteiger partial charge in [0.15, 0.2) is 5.65 Å². The Morgan fingerprint density at radius 1 is 0.818 bits per heavy atom. The number of fused-ring (bicyclic) bond motifs is 1. The number of benzene rings is 2. The minimum atomic E-state index is -0.542. The third-order valence-electron chi connectivity index (χ3n) is 5.25. The summed E-state index contributed by atoms with van der Waals surface area (Å²) in [5.74, 6) is -1.27. The van der Waals surface area contributed by atoms with E-state index in [9.17, 15) is 13.6 Å². The summed E-state index contributed by atoms with van der Waals surface area (Å²) in [6, 6.07) is 15.8. The van der Waals surface area contributed by atoms with Crippen molar-refractivity contribution in [1.82, 2.24) is 19.7 Å². The fraction of sp³-hybridized carbons (Fsp3) is 0.0400. The maximum Gasteiger partial charge on any atom is 0.239 e. The van der Waals surface area contributed by atoms with Crippen molar-refractivity contribution in [3.8, 4) is 33.5 Å². The molecule has 0 spiro atoms. The molecule has 0 aliphatic heterocycles. The molecule has 0 fully saturated rings. The van der Waals surface area contributed by atoms with E-state index >= 15 is 0 Å². The number of nitrogens with two attached hydrogens (primary N) is 1. The number of rotatable bonds is 5. The molecule has 0 bridgehead atoms. The van der Waals surface area contributed by atoms with Crippen LogP contribution in [0.3, 0.4) is 0 Å².